The number of nitrogens with two attached hydrogens (primary N) is 1. The third kappa shape index (κ3) is 3.58. The van der Waals surface area contributed by atoms with Crippen LogP contribution in [0.1, 0.15) is 35.1 Å². The predicted octanol–water partition coefficient (Wildman–Crippen LogP) is 1.73. The Kier molecular flexibility index (Phi) is 4.78. The van der Waals surface area contributed by atoms with Crippen molar-refractivity contribution in [1.82, 2.24) is 5.32 Å². The van der Waals surface area contributed by atoms with Gasteiger partial charge < -0.3 is 15.8 Å². The number of primary amides is 1. The van der Waals surface area contributed by atoms with Gasteiger partial charge in [-0.25, -0.2) is 0 Å². The summed E-state index contributed by atoms with van der Waals surface area (Å²) < 4.78 is 5.60. The number of aryl methyl sites for hydroxylation is 3. The van der Waals surface area contributed by atoms with E-state index in [0.29, 0.717) is 0 Å². The van der Waals surface area contributed by atoms with Crippen LogP contribution in [0.4, 0.5) is 0 Å². The number of rotatable bonds is 5. The Balaban J connectivity index is 1.84. The maximum Gasteiger partial charge on any atom is 0.246 e. The van der Waals surface area contributed by atoms with Crippen molar-refractivity contribution in [2.24, 2.45) is 5.73 Å². The number of carbonyl (C=O) groups is 1. The quantitative estimate of drug-likeness (QED) is 0.861. The van der Waals surface area contributed by atoms with Gasteiger partial charge >= 0.3 is 0 Å². The van der Waals surface area contributed by atoms with Crippen molar-refractivity contribution in [1.29, 1.82) is 0 Å². The van der Waals surface area contributed by atoms with E-state index in [-0.39, 0.29) is 12.0 Å². The normalized spacial score (nSPS) is 22.1. The lowest BCUT2D eigenvalue weighted by Gasteiger charge is -2.15. The molecule has 20 heavy (non-hydrogen) atoms. The van der Waals surface area contributed by atoms with Crippen molar-refractivity contribution in [3.05, 3.63) is 34.4 Å². The van der Waals surface area contributed by atoms with Crippen LogP contribution in [0.25, 0.3) is 0 Å². The third-order valence-corrected chi connectivity index (χ3v) is 3.94. The van der Waals surface area contributed by atoms with Gasteiger partial charge in [0.25, 0.3) is 0 Å². The second kappa shape index (κ2) is 6.37. The molecule has 0 unspecified atom stereocenters. The highest BCUT2D eigenvalue weighted by atomic mass is 16.5. The number of ether oxygens (including phenoxy) is 1. The van der Waals surface area contributed by atoms with Gasteiger partial charge in [-0.05, 0) is 50.3 Å². The van der Waals surface area contributed by atoms with Crippen molar-refractivity contribution in [3.8, 4) is 0 Å². The van der Waals surface area contributed by atoms with E-state index in [4.69, 9.17) is 10.5 Å². The van der Waals surface area contributed by atoms with E-state index >= 15 is 0 Å². The van der Waals surface area contributed by atoms with Crippen molar-refractivity contribution >= 4 is 5.91 Å². The Labute approximate surface area is 120 Å². The lowest BCUT2D eigenvalue weighted by molar-refractivity contribution is -0.128. The second-order valence-corrected chi connectivity index (χ2v) is 5.73. The van der Waals surface area contributed by atoms with E-state index in [1.807, 2.05) is 0 Å². The van der Waals surface area contributed by atoms with Gasteiger partial charge in [-0.1, -0.05) is 17.7 Å². The van der Waals surface area contributed by atoms with Gasteiger partial charge in [0, 0.05) is 13.1 Å². The molecule has 1 aromatic rings. The Morgan fingerprint density at radius 3 is 2.50 bits per heavy atom. The molecule has 0 aliphatic carbocycles. The zero-order valence-electron chi connectivity index (χ0n) is 12.5. The Morgan fingerprint density at radius 1 is 1.30 bits per heavy atom. The molecule has 1 aliphatic rings. The van der Waals surface area contributed by atoms with Crippen molar-refractivity contribution in [3.63, 3.8) is 0 Å². The maximum absolute atomic E-state index is 11.0. The van der Waals surface area contributed by atoms with Crippen LogP contribution in [0.2, 0.25) is 0 Å². The van der Waals surface area contributed by atoms with Crippen LogP contribution in [0, 0.1) is 20.8 Å². The fraction of sp³-hybridized carbons (Fsp3) is 0.562. The molecule has 0 saturated carbocycles. The molecular formula is C16H24N2O2. The summed E-state index contributed by atoms with van der Waals surface area (Å²) in [5.74, 6) is -0.349. The Morgan fingerprint density at radius 2 is 1.95 bits per heavy atom. The summed E-state index contributed by atoms with van der Waals surface area (Å²) in [5.41, 5.74) is 10.5. The molecule has 1 aliphatic heterocycles. The van der Waals surface area contributed by atoms with Gasteiger partial charge in [-0.15, -0.1) is 0 Å². The number of nitrogens with one attached hydrogen (secondary N) is 1. The molecule has 1 saturated heterocycles. The second-order valence-electron chi connectivity index (χ2n) is 5.73. The third-order valence-electron chi connectivity index (χ3n) is 3.94. The molecule has 3 N–H and O–H groups in total. The lowest BCUT2D eigenvalue weighted by atomic mass is 10.00. The van der Waals surface area contributed by atoms with Crippen molar-refractivity contribution in [2.75, 3.05) is 6.54 Å². The first kappa shape index (κ1) is 15.0. The number of benzene rings is 1. The zero-order valence-corrected chi connectivity index (χ0v) is 12.5. The van der Waals surface area contributed by atoms with E-state index < -0.39 is 6.10 Å². The lowest BCUT2D eigenvalue weighted by Crippen LogP contribution is -2.32. The highest BCUT2D eigenvalue weighted by molar-refractivity contribution is 5.79. The summed E-state index contributed by atoms with van der Waals surface area (Å²) in [6.07, 6.45) is 1.33. The Bertz CT molecular complexity index is 476. The fourth-order valence-corrected chi connectivity index (χ4v) is 2.91. The van der Waals surface area contributed by atoms with Crippen LogP contribution in [0.15, 0.2) is 12.1 Å². The Hall–Kier alpha value is -1.39. The van der Waals surface area contributed by atoms with Gasteiger partial charge in [-0.2, -0.15) is 0 Å². The molecule has 0 aromatic heterocycles. The fourth-order valence-electron chi connectivity index (χ4n) is 2.91. The van der Waals surface area contributed by atoms with Crippen LogP contribution in [0.5, 0.6) is 0 Å². The van der Waals surface area contributed by atoms with E-state index in [1.165, 1.54) is 22.3 Å². The highest BCUT2D eigenvalue weighted by Gasteiger charge is 2.28. The SMILES string of the molecule is Cc1cc(C)c(CNC[C@@H]2CC[C@H](C(N)=O)O2)c(C)c1. The van der Waals surface area contributed by atoms with Gasteiger partial charge in [0.15, 0.2) is 0 Å². The minimum Gasteiger partial charge on any atom is -0.367 e. The topological polar surface area (TPSA) is 64.3 Å². The first-order valence-electron chi connectivity index (χ1n) is 7.19. The van der Waals surface area contributed by atoms with Crippen LogP contribution >= 0.6 is 0 Å². The average Bonchev–Trinajstić information content (AvgIpc) is 2.81. The average molecular weight is 276 g/mol. The number of hydrogen-bond donors (Lipinski definition) is 2. The molecule has 1 aromatic carbocycles. The molecule has 2 rings (SSSR count). The highest BCUT2D eigenvalue weighted by Crippen LogP contribution is 2.19. The summed E-state index contributed by atoms with van der Waals surface area (Å²) in [7, 11) is 0. The van der Waals surface area contributed by atoms with Gasteiger partial charge in [-0.3, -0.25) is 4.79 Å². The van der Waals surface area contributed by atoms with Crippen molar-refractivity contribution < 1.29 is 9.53 Å². The van der Waals surface area contributed by atoms with E-state index in [0.717, 1.165) is 25.9 Å². The van der Waals surface area contributed by atoms with Gasteiger partial charge in [0.2, 0.25) is 5.91 Å². The number of hydrogen-bond acceptors (Lipinski definition) is 3. The standard InChI is InChI=1S/C16H24N2O2/c1-10-6-11(2)14(12(3)7-10)9-18-8-13-4-5-15(20-13)16(17)19/h6-7,13,15,18H,4-5,8-9H2,1-3H3,(H2,17,19)/t13-,15+/m0/s1. The minimum absolute atomic E-state index is 0.0959. The molecule has 2 atom stereocenters. The molecule has 4 nitrogen and oxygen atoms in total. The molecule has 1 amide bonds. The predicted molar refractivity (Wildman–Crippen MR) is 79.4 cm³/mol. The summed E-state index contributed by atoms with van der Waals surface area (Å²) >= 11 is 0. The summed E-state index contributed by atoms with van der Waals surface area (Å²) in [6, 6.07) is 4.42. The summed E-state index contributed by atoms with van der Waals surface area (Å²) in [4.78, 5) is 11.0. The smallest absolute Gasteiger partial charge is 0.246 e. The molecular weight excluding hydrogens is 252 g/mol. The van der Waals surface area contributed by atoms with Crippen LogP contribution in [0.3, 0.4) is 0 Å². The number of carbonyl (C=O) groups excluding carboxylic acids is 1. The maximum atomic E-state index is 11.0. The summed E-state index contributed by atoms with van der Waals surface area (Å²) in [5, 5.41) is 3.43. The molecule has 110 valence electrons. The first-order valence-corrected chi connectivity index (χ1v) is 7.19. The van der Waals surface area contributed by atoms with Crippen LogP contribution in [-0.2, 0) is 16.1 Å². The first-order chi connectivity index (χ1) is 9.47. The monoisotopic (exact) mass is 276 g/mol. The van der Waals surface area contributed by atoms with Gasteiger partial charge in [0.1, 0.15) is 6.10 Å². The van der Waals surface area contributed by atoms with Gasteiger partial charge in [0.05, 0.1) is 6.10 Å². The summed E-state index contributed by atoms with van der Waals surface area (Å²) in [6.45, 7) is 8.00. The number of amides is 1. The zero-order chi connectivity index (χ0) is 14.7. The molecule has 0 radical (unpaired) electrons. The van der Waals surface area contributed by atoms with Crippen LogP contribution < -0.4 is 11.1 Å². The molecule has 0 bridgehead atoms. The molecule has 1 fully saturated rings. The molecule has 4 heteroatoms. The largest absolute Gasteiger partial charge is 0.367 e. The van der Waals surface area contributed by atoms with E-state index in [1.54, 1.807) is 0 Å². The molecule has 1 heterocycles. The van der Waals surface area contributed by atoms with Crippen LogP contribution in [-0.4, -0.2) is 24.7 Å². The van der Waals surface area contributed by atoms with E-state index in [2.05, 4.69) is 38.2 Å². The molecule has 0 spiro atoms. The van der Waals surface area contributed by atoms with E-state index in [9.17, 15) is 4.79 Å². The minimum atomic E-state index is -0.398. The van der Waals surface area contributed by atoms with Crippen molar-refractivity contribution in [2.45, 2.75) is 52.4 Å².